The van der Waals surface area contributed by atoms with E-state index in [2.05, 4.69) is 52.8 Å². The number of benzene rings is 2. The first-order chi connectivity index (χ1) is 48.9. The van der Waals surface area contributed by atoms with Gasteiger partial charge in [-0.15, -0.1) is 0 Å². The average Bonchev–Trinajstić information content (AvgIpc) is 1.34. The van der Waals surface area contributed by atoms with Gasteiger partial charge in [-0.1, -0.05) is 57.0 Å². The molecule has 40 nitrogen and oxygen atoms in total. The number of carboxylic acids is 4. The number of aliphatic hydroxyl groups is 1. The normalized spacial score (nSPS) is 22.2. The first-order valence-corrected chi connectivity index (χ1v) is 32.4. The van der Waals surface area contributed by atoms with E-state index in [-0.39, 0.29) is 41.9 Å². The zero-order valence-electron chi connectivity index (χ0n) is 56.9. The number of para-hydroxylation sites is 2. The highest BCUT2D eigenvalue weighted by Crippen LogP contribution is 2.20. The van der Waals surface area contributed by atoms with Crippen molar-refractivity contribution in [3.8, 4) is 0 Å². The van der Waals surface area contributed by atoms with Crippen LogP contribution in [0.5, 0.6) is 0 Å². The number of fused-ring (bicyclic) bond motifs is 1. The van der Waals surface area contributed by atoms with Crippen molar-refractivity contribution in [1.82, 2.24) is 68.8 Å². The minimum absolute atomic E-state index is 0. The largest absolute Gasteiger partial charge is 0.481 e. The molecule has 0 radical (unpaired) electrons. The van der Waals surface area contributed by atoms with E-state index in [4.69, 9.17) is 16.2 Å². The Labute approximate surface area is 603 Å². The van der Waals surface area contributed by atoms with E-state index in [1.165, 1.54) is 24.3 Å². The summed E-state index contributed by atoms with van der Waals surface area (Å²) in [5.74, 6) is -27.9. The number of Topliss-reactive ketones (excluding diaryl/α,β-unsaturated/α-hetero) is 2. The van der Waals surface area contributed by atoms with Crippen molar-refractivity contribution in [3.63, 3.8) is 0 Å². The van der Waals surface area contributed by atoms with Crippen LogP contribution in [0.4, 0.5) is 5.69 Å². The Morgan fingerprint density at radius 2 is 1.13 bits per heavy atom. The van der Waals surface area contributed by atoms with Crippen molar-refractivity contribution in [1.29, 1.82) is 0 Å². The van der Waals surface area contributed by atoms with Gasteiger partial charge in [0.05, 0.1) is 51.4 Å². The lowest BCUT2D eigenvalue weighted by molar-refractivity contribution is -0.156. The number of nitrogen functional groups attached to an aromatic ring is 1. The second-order valence-corrected chi connectivity index (χ2v) is 24.3. The Hall–Kier alpha value is -12.0. The molecule has 40 heteroatoms. The van der Waals surface area contributed by atoms with Crippen LogP contribution in [0.3, 0.4) is 0 Å². The van der Waals surface area contributed by atoms with Crippen LogP contribution in [-0.4, -0.2) is 235 Å². The highest BCUT2D eigenvalue weighted by molar-refractivity contribution is 6.05. The highest BCUT2D eigenvalue weighted by atomic mass is 16.5. The topological polar surface area (TPSA) is 647 Å². The molecule has 0 saturated carbocycles. The fraction of sp³-hybridized carbons (Fsp3) is 0.484. The number of nitrogens with one attached hydrogen (secondary N) is 13. The van der Waals surface area contributed by atoms with Crippen LogP contribution in [0.1, 0.15) is 120 Å². The second-order valence-electron chi connectivity index (χ2n) is 24.3. The maximum absolute atomic E-state index is 14.7. The minimum Gasteiger partial charge on any atom is -0.481 e. The van der Waals surface area contributed by atoms with Gasteiger partial charge in [0.25, 0.3) is 0 Å². The van der Waals surface area contributed by atoms with Gasteiger partial charge in [-0.2, -0.15) is 0 Å². The number of rotatable bonds is 26. The number of anilines is 1. The molecule has 0 aliphatic carbocycles. The zero-order valence-corrected chi connectivity index (χ0v) is 56.9. The third-order valence-corrected chi connectivity index (χ3v) is 15.8. The van der Waals surface area contributed by atoms with E-state index in [1.54, 1.807) is 37.4 Å². The lowest BCUT2D eigenvalue weighted by Gasteiger charge is -2.30. The molecule has 1 fully saturated rings. The third kappa shape index (κ3) is 26.8. The van der Waals surface area contributed by atoms with Crippen LogP contribution in [0.15, 0.2) is 54.7 Å². The molecule has 13 atom stereocenters. The number of aliphatic carboxylic acids is 4. The van der Waals surface area contributed by atoms with Crippen molar-refractivity contribution < 1.29 is 133 Å². The summed E-state index contributed by atoms with van der Waals surface area (Å²) in [7, 11) is 0. The lowest BCUT2D eigenvalue weighted by atomic mass is 9.96. The molecule has 12 amide bonds. The molecule has 3 aromatic rings. The number of aromatic nitrogens is 1. The predicted molar refractivity (Wildman–Crippen MR) is 373 cm³/mol. The van der Waals surface area contributed by atoms with Gasteiger partial charge < -0.3 is 111 Å². The van der Waals surface area contributed by atoms with E-state index in [1.807, 2.05) is 16.0 Å². The summed E-state index contributed by atoms with van der Waals surface area (Å²) in [6, 6.07) is -9.68. The van der Waals surface area contributed by atoms with Crippen LogP contribution in [0, 0.1) is 5.92 Å². The zero-order chi connectivity index (χ0) is 77.8. The quantitative estimate of drug-likeness (QED) is 0.0205. The monoisotopic (exact) mass is 1480 g/mol. The Bertz CT molecular complexity index is 3790. The molecule has 1 aliphatic rings. The SMILES string of the molecule is CCCCC1NC(=O)CNC(=O)C(NC(=O)C(CC(=O)O)NC(=O)[C@H](CC(C)=O)NC(=O)[C@@H](N)Cc2c[nH]c3ccccc23)C(C)OC(=O)C(CC(=O)c2ccccc2N)NC(=O)C(C(C)CC(=O)O)NC(=O)C(CO)NC(=O)CNC(=O)C(CC(=O)O)NC(=O)C(C)NC(=O)C(CC(=O)O)NC1=O.[HH].[HH].[HH].[HH].[HH].[HH].[HH].[HH]. The van der Waals surface area contributed by atoms with E-state index >= 15 is 0 Å². The Kier molecular flexibility index (Phi) is 32.9. The molecule has 0 bridgehead atoms. The molecule has 104 heavy (non-hydrogen) atoms. The number of unbranched alkanes of at least 4 members (excludes halogenated alkanes) is 1. The lowest BCUT2D eigenvalue weighted by Crippen LogP contribution is -2.61. The summed E-state index contributed by atoms with van der Waals surface area (Å²) in [6.07, 6.45) is -6.95. The molecule has 22 N–H and O–H groups in total. The maximum Gasteiger partial charge on any atom is 0.329 e. The molecule has 2 heterocycles. The molecular formula is C64H101N15O25. The first kappa shape index (κ1) is 84.4. The molecular weight excluding hydrogens is 1380 g/mol. The number of hydrogen-bond acceptors (Lipinski definition) is 23. The van der Waals surface area contributed by atoms with E-state index in [9.17, 15) is 117 Å². The molecule has 582 valence electrons. The average molecular weight is 1480 g/mol. The summed E-state index contributed by atoms with van der Waals surface area (Å²) in [5.41, 5.74) is 13.2. The van der Waals surface area contributed by atoms with Crippen LogP contribution < -0.4 is 75.3 Å². The van der Waals surface area contributed by atoms with Crippen LogP contribution in [-0.2, 0) is 97.5 Å². The number of carbonyl (C=O) groups is 19. The van der Waals surface area contributed by atoms with E-state index < -0.39 is 249 Å². The fourth-order valence-corrected chi connectivity index (χ4v) is 10.3. The number of nitrogens with two attached hydrogens (primary N) is 2. The molecule has 2 aromatic carbocycles. The first-order valence-electron chi connectivity index (χ1n) is 32.4. The van der Waals surface area contributed by atoms with Crippen LogP contribution in [0.2, 0.25) is 0 Å². The van der Waals surface area contributed by atoms with Gasteiger partial charge in [-0.05, 0) is 63.3 Å². The van der Waals surface area contributed by atoms with Crippen LogP contribution >= 0.6 is 0 Å². The van der Waals surface area contributed by atoms with Crippen molar-refractivity contribution in [2.75, 3.05) is 25.4 Å². The molecule has 1 aliphatic heterocycles. The Balaban J connectivity index is -0.00000477. The predicted octanol–water partition coefficient (Wildman–Crippen LogP) is -4.40. The van der Waals surface area contributed by atoms with Gasteiger partial charge >= 0.3 is 29.8 Å². The van der Waals surface area contributed by atoms with Crippen molar-refractivity contribution in [2.45, 2.75) is 171 Å². The fourth-order valence-electron chi connectivity index (χ4n) is 10.3. The highest BCUT2D eigenvalue weighted by Gasteiger charge is 2.41. The standard InChI is InChI=1S/C64H85N15O25.8H2/c1-6-7-15-38-57(96)75-41(22-50(89)90)58(97)70-30(4)54(93)73-40(21-49(87)88)56(95)68-25-47(84)72-44(27-80)61(100)78-52(28(2)17-48(85)86)63(102)77-43(20-45(82)34-13-8-10-14-35(34)65)64(103)104-31(5)53(62(101)69-26-46(83)71-38)79-60(99)42(23-51(91)92)76-59(98)39(18-29(3)81)74-55(94)36(66)19-32-24-67-37-16-11-9-12-33(32)37;;;;;;;;/h8-14,16,24,28,30-31,36,38-44,52-53,67,80H,6-7,15,17-23,25-27,65-66H2,1-5H3,(H,68,95)(H,69,101)(H,70,97)(H,71,83)(H,72,84)(H,73,93)(H,74,94)(H,75,96)(H,76,98)(H,77,102)(H,78,100)(H,79,99)(H,85,86)(H,87,88)(H,89,90)(H,91,92);8*1H/t28?,30?,31?,36-,38?,39-,40?,41?,42?,43?,44?,52?,53?;;;;;;;;/m0......../s1. The van der Waals surface area contributed by atoms with Gasteiger partial charge in [0, 0.05) is 52.6 Å². The third-order valence-electron chi connectivity index (χ3n) is 15.8. The molecule has 11 unspecified atom stereocenters. The number of H-pyrrole nitrogens is 1. The number of ether oxygens (including phenoxy) is 1. The van der Waals surface area contributed by atoms with Crippen molar-refractivity contribution in [3.05, 3.63) is 65.9 Å². The molecule has 1 saturated heterocycles. The number of amides is 12. The van der Waals surface area contributed by atoms with Gasteiger partial charge in [-0.3, -0.25) is 86.3 Å². The number of carbonyl (C=O) groups excluding carboxylic acids is 15. The Morgan fingerprint density at radius 1 is 0.596 bits per heavy atom. The summed E-state index contributed by atoms with van der Waals surface area (Å²) in [5, 5.41) is 75.9. The smallest absolute Gasteiger partial charge is 0.329 e. The number of ketones is 2. The number of cyclic esters (lactones) is 1. The number of aliphatic hydroxyl groups excluding tert-OH is 1. The molecule has 1 aromatic heterocycles. The van der Waals surface area contributed by atoms with Gasteiger partial charge in [-0.25, -0.2) is 4.79 Å². The number of esters is 1. The molecule has 4 rings (SSSR count). The van der Waals surface area contributed by atoms with Gasteiger partial charge in [0.2, 0.25) is 70.9 Å². The van der Waals surface area contributed by atoms with Gasteiger partial charge in [0.1, 0.15) is 72.3 Å². The second kappa shape index (κ2) is 40.5. The summed E-state index contributed by atoms with van der Waals surface area (Å²) in [4.78, 5) is 260. The Morgan fingerprint density at radius 3 is 1.73 bits per heavy atom. The maximum atomic E-state index is 14.7. The number of aromatic amines is 1. The van der Waals surface area contributed by atoms with Gasteiger partial charge in [0.15, 0.2) is 5.78 Å². The number of hydrogen-bond donors (Lipinski definition) is 20. The van der Waals surface area contributed by atoms with E-state index in [0.29, 0.717) is 22.9 Å². The molecule has 0 spiro atoms. The minimum atomic E-state index is -2.38. The van der Waals surface area contributed by atoms with Crippen LogP contribution in [0.25, 0.3) is 10.9 Å². The summed E-state index contributed by atoms with van der Waals surface area (Å²) >= 11 is 0. The number of carboxylic acid groups (broad SMARTS) is 4. The summed E-state index contributed by atoms with van der Waals surface area (Å²) < 4.78 is 5.65. The van der Waals surface area contributed by atoms with Crippen molar-refractivity contribution in [2.24, 2.45) is 11.7 Å². The van der Waals surface area contributed by atoms with Crippen molar-refractivity contribution >= 4 is 129 Å². The van der Waals surface area contributed by atoms with E-state index in [0.717, 1.165) is 27.7 Å². The summed E-state index contributed by atoms with van der Waals surface area (Å²) in [6.45, 7) is 2.06.